The average molecular weight is 209 g/mol. The maximum Gasteiger partial charge on any atom is 0.344 e. The summed E-state index contributed by atoms with van der Waals surface area (Å²) in [6, 6.07) is 6.85. The van der Waals surface area contributed by atoms with E-state index in [-0.39, 0.29) is 12.6 Å². The lowest BCUT2D eigenvalue weighted by Crippen LogP contribution is -2.15. The molecule has 0 atom stereocenters. The minimum absolute atomic E-state index is 0.0656. The highest BCUT2D eigenvalue weighted by molar-refractivity contribution is 5.71. The summed E-state index contributed by atoms with van der Waals surface area (Å²) in [5.74, 6) is 0.256. The summed E-state index contributed by atoms with van der Waals surface area (Å²) in [6.07, 6.45) is 0.813. The molecule has 0 aliphatic carbocycles. The molecule has 0 spiro atoms. The van der Waals surface area contributed by atoms with Crippen LogP contribution in [0.4, 0.5) is 5.69 Å². The third-order valence-electron chi connectivity index (χ3n) is 1.70. The quantitative estimate of drug-likeness (QED) is 0.591. The summed E-state index contributed by atoms with van der Waals surface area (Å²) >= 11 is 0. The van der Waals surface area contributed by atoms with Crippen molar-refractivity contribution in [2.24, 2.45) is 0 Å². The first-order valence-electron chi connectivity index (χ1n) is 4.86. The van der Waals surface area contributed by atoms with E-state index in [9.17, 15) is 4.79 Å². The SMILES string of the molecule is CCCOC(=O)COc1ccc(N)cc1. The number of ether oxygens (including phenoxy) is 2. The van der Waals surface area contributed by atoms with Gasteiger partial charge in [-0.2, -0.15) is 0 Å². The standard InChI is InChI=1S/C11H15NO3/c1-2-7-14-11(13)8-15-10-5-3-9(12)4-6-10/h3-6H,2,7-8,12H2,1H3. The Morgan fingerprint density at radius 3 is 2.60 bits per heavy atom. The summed E-state index contributed by atoms with van der Waals surface area (Å²) in [6.45, 7) is 2.31. The van der Waals surface area contributed by atoms with Crippen LogP contribution in [0.15, 0.2) is 24.3 Å². The maximum absolute atomic E-state index is 11.1. The van der Waals surface area contributed by atoms with Crippen LogP contribution in [0.3, 0.4) is 0 Å². The number of nitrogens with two attached hydrogens (primary N) is 1. The smallest absolute Gasteiger partial charge is 0.344 e. The van der Waals surface area contributed by atoms with E-state index in [2.05, 4.69) is 0 Å². The second-order valence-corrected chi connectivity index (χ2v) is 3.08. The first-order chi connectivity index (χ1) is 7.22. The van der Waals surface area contributed by atoms with Crippen molar-refractivity contribution >= 4 is 11.7 Å². The molecule has 2 N–H and O–H groups in total. The molecule has 0 fully saturated rings. The Bertz CT molecular complexity index is 308. The molecule has 0 saturated carbocycles. The van der Waals surface area contributed by atoms with Gasteiger partial charge in [0.15, 0.2) is 6.61 Å². The van der Waals surface area contributed by atoms with Crippen LogP contribution in [-0.2, 0) is 9.53 Å². The van der Waals surface area contributed by atoms with Gasteiger partial charge in [0, 0.05) is 5.69 Å². The second-order valence-electron chi connectivity index (χ2n) is 3.08. The molecule has 1 aromatic rings. The summed E-state index contributed by atoms with van der Waals surface area (Å²) in [5.41, 5.74) is 6.16. The summed E-state index contributed by atoms with van der Waals surface area (Å²) in [5, 5.41) is 0. The van der Waals surface area contributed by atoms with E-state index >= 15 is 0 Å². The molecule has 4 nitrogen and oxygen atoms in total. The molecule has 0 amide bonds. The van der Waals surface area contributed by atoms with E-state index in [1.165, 1.54) is 0 Å². The van der Waals surface area contributed by atoms with Gasteiger partial charge >= 0.3 is 5.97 Å². The van der Waals surface area contributed by atoms with Crippen molar-refractivity contribution in [3.05, 3.63) is 24.3 Å². The van der Waals surface area contributed by atoms with Crippen LogP contribution in [-0.4, -0.2) is 19.2 Å². The van der Waals surface area contributed by atoms with E-state index in [0.29, 0.717) is 18.0 Å². The van der Waals surface area contributed by atoms with Crippen LogP contribution in [0.5, 0.6) is 5.75 Å². The van der Waals surface area contributed by atoms with E-state index in [1.807, 2.05) is 6.92 Å². The molecular formula is C11H15NO3. The molecule has 4 heteroatoms. The van der Waals surface area contributed by atoms with Gasteiger partial charge in [-0.1, -0.05) is 6.92 Å². The summed E-state index contributed by atoms with van der Waals surface area (Å²) < 4.78 is 10.0. The molecule has 0 radical (unpaired) electrons. The molecule has 1 rings (SSSR count). The topological polar surface area (TPSA) is 61.5 Å². The van der Waals surface area contributed by atoms with Gasteiger partial charge in [-0.25, -0.2) is 4.79 Å². The van der Waals surface area contributed by atoms with Gasteiger partial charge in [0.05, 0.1) is 6.61 Å². The molecule has 0 heterocycles. The summed E-state index contributed by atoms with van der Waals surface area (Å²) in [7, 11) is 0. The number of rotatable bonds is 5. The number of esters is 1. The number of benzene rings is 1. The zero-order valence-corrected chi connectivity index (χ0v) is 8.73. The Balaban J connectivity index is 2.30. The number of nitrogen functional groups attached to an aromatic ring is 1. The van der Waals surface area contributed by atoms with E-state index in [1.54, 1.807) is 24.3 Å². The van der Waals surface area contributed by atoms with Gasteiger partial charge < -0.3 is 15.2 Å². The minimum atomic E-state index is -0.353. The first-order valence-corrected chi connectivity index (χ1v) is 4.86. The lowest BCUT2D eigenvalue weighted by molar-refractivity contribution is -0.146. The lowest BCUT2D eigenvalue weighted by atomic mass is 10.3. The molecule has 1 aromatic carbocycles. The highest BCUT2D eigenvalue weighted by Crippen LogP contribution is 2.12. The van der Waals surface area contributed by atoms with Crippen molar-refractivity contribution < 1.29 is 14.3 Å². The van der Waals surface area contributed by atoms with Crippen LogP contribution >= 0.6 is 0 Å². The van der Waals surface area contributed by atoms with Crippen molar-refractivity contribution in [3.63, 3.8) is 0 Å². The van der Waals surface area contributed by atoms with E-state index < -0.39 is 0 Å². The van der Waals surface area contributed by atoms with E-state index in [4.69, 9.17) is 15.2 Å². The fourth-order valence-corrected chi connectivity index (χ4v) is 0.964. The Kier molecular flexibility index (Phi) is 4.47. The zero-order valence-electron chi connectivity index (χ0n) is 8.73. The van der Waals surface area contributed by atoms with Crippen LogP contribution < -0.4 is 10.5 Å². The molecule has 0 aliphatic rings. The Morgan fingerprint density at radius 2 is 2.00 bits per heavy atom. The number of carbonyl (C=O) groups excluding carboxylic acids is 1. The number of hydrogen-bond acceptors (Lipinski definition) is 4. The molecule has 0 bridgehead atoms. The third kappa shape index (κ3) is 4.35. The zero-order chi connectivity index (χ0) is 11.1. The van der Waals surface area contributed by atoms with Crippen LogP contribution in [0.1, 0.15) is 13.3 Å². The minimum Gasteiger partial charge on any atom is -0.482 e. The van der Waals surface area contributed by atoms with Crippen LogP contribution in [0, 0.1) is 0 Å². The summed E-state index contributed by atoms with van der Waals surface area (Å²) in [4.78, 5) is 11.1. The number of anilines is 1. The largest absolute Gasteiger partial charge is 0.482 e. The predicted octanol–water partition coefficient (Wildman–Crippen LogP) is 1.60. The monoisotopic (exact) mass is 209 g/mol. The van der Waals surface area contributed by atoms with Crippen molar-refractivity contribution in [2.45, 2.75) is 13.3 Å². The van der Waals surface area contributed by atoms with Crippen molar-refractivity contribution in [2.75, 3.05) is 18.9 Å². The molecule has 0 saturated heterocycles. The predicted molar refractivity (Wildman–Crippen MR) is 57.6 cm³/mol. The highest BCUT2D eigenvalue weighted by Gasteiger charge is 2.02. The fraction of sp³-hybridized carbons (Fsp3) is 0.364. The Morgan fingerprint density at radius 1 is 1.33 bits per heavy atom. The maximum atomic E-state index is 11.1. The third-order valence-corrected chi connectivity index (χ3v) is 1.70. The van der Waals surface area contributed by atoms with Gasteiger partial charge in [-0.15, -0.1) is 0 Å². The highest BCUT2D eigenvalue weighted by atomic mass is 16.6. The Labute approximate surface area is 89.0 Å². The van der Waals surface area contributed by atoms with Gasteiger partial charge in [0.25, 0.3) is 0 Å². The lowest BCUT2D eigenvalue weighted by Gasteiger charge is -2.06. The first kappa shape index (κ1) is 11.4. The molecule has 0 aromatic heterocycles. The van der Waals surface area contributed by atoms with Gasteiger partial charge in [-0.3, -0.25) is 0 Å². The Hall–Kier alpha value is -1.71. The molecule has 82 valence electrons. The normalized spacial score (nSPS) is 9.67. The van der Waals surface area contributed by atoms with Gasteiger partial charge in [0.2, 0.25) is 0 Å². The van der Waals surface area contributed by atoms with Gasteiger partial charge in [-0.05, 0) is 30.7 Å². The van der Waals surface area contributed by atoms with Crippen molar-refractivity contribution in [3.8, 4) is 5.75 Å². The van der Waals surface area contributed by atoms with Gasteiger partial charge in [0.1, 0.15) is 5.75 Å². The average Bonchev–Trinajstić information content (AvgIpc) is 2.25. The van der Waals surface area contributed by atoms with Crippen LogP contribution in [0.2, 0.25) is 0 Å². The van der Waals surface area contributed by atoms with Crippen LogP contribution in [0.25, 0.3) is 0 Å². The number of carbonyl (C=O) groups is 1. The molecule has 0 unspecified atom stereocenters. The molecule has 15 heavy (non-hydrogen) atoms. The van der Waals surface area contributed by atoms with Crippen molar-refractivity contribution in [1.29, 1.82) is 0 Å². The molecule has 0 aliphatic heterocycles. The fourth-order valence-electron chi connectivity index (χ4n) is 0.964. The molecular weight excluding hydrogens is 194 g/mol. The van der Waals surface area contributed by atoms with Crippen molar-refractivity contribution in [1.82, 2.24) is 0 Å². The second kappa shape index (κ2) is 5.90. The number of hydrogen-bond donors (Lipinski definition) is 1. The van der Waals surface area contributed by atoms with E-state index in [0.717, 1.165) is 6.42 Å².